The Hall–Kier alpha value is -2.32. The molecule has 7 nitrogen and oxygen atoms in total. The lowest BCUT2D eigenvalue weighted by atomic mass is 9.75. The van der Waals surface area contributed by atoms with Crippen molar-refractivity contribution in [3.8, 4) is 0 Å². The van der Waals surface area contributed by atoms with E-state index in [-0.39, 0.29) is 43.6 Å². The molecule has 0 saturated carbocycles. The lowest BCUT2D eigenvalue weighted by Crippen LogP contribution is -2.45. The number of hydrogen-bond donors (Lipinski definition) is 0. The summed E-state index contributed by atoms with van der Waals surface area (Å²) in [5, 5.41) is 0. The number of carbonyl (C=O) groups is 3. The van der Waals surface area contributed by atoms with Crippen molar-refractivity contribution in [2.45, 2.75) is 44.1 Å². The van der Waals surface area contributed by atoms with Gasteiger partial charge in [0.15, 0.2) is 0 Å². The molecule has 2 saturated heterocycles. The maximum atomic E-state index is 14.8. The van der Waals surface area contributed by atoms with E-state index >= 15 is 0 Å². The van der Waals surface area contributed by atoms with Gasteiger partial charge in [0.25, 0.3) is 0 Å². The number of methoxy groups -OCH3 is 1. The number of amides is 3. The smallest absolute Gasteiger partial charge is 0.241 e. The average Bonchev–Trinajstić information content (AvgIpc) is 3.32. The Kier molecular flexibility index (Phi) is 7.20. The van der Waals surface area contributed by atoms with Crippen LogP contribution < -0.4 is 0 Å². The summed E-state index contributed by atoms with van der Waals surface area (Å²) in [6.07, 6.45) is 1.31. The minimum atomic E-state index is -1.54. The van der Waals surface area contributed by atoms with Gasteiger partial charge in [0.1, 0.15) is 5.82 Å². The molecule has 1 aromatic rings. The van der Waals surface area contributed by atoms with E-state index in [0.717, 1.165) is 17.7 Å². The highest BCUT2D eigenvalue weighted by Crippen LogP contribution is 2.41. The first-order chi connectivity index (χ1) is 14.4. The zero-order chi connectivity index (χ0) is 21.7. The van der Waals surface area contributed by atoms with Crippen LogP contribution in [0.3, 0.4) is 0 Å². The fourth-order valence-electron chi connectivity index (χ4n) is 4.31. The Bertz CT molecular complexity index is 795. The largest absolute Gasteiger partial charge is 0.383 e. The number of likely N-dealkylation sites (N-methyl/N-ethyl adjacent to an activating group) is 1. The van der Waals surface area contributed by atoms with Crippen LogP contribution in [0.15, 0.2) is 24.3 Å². The molecule has 0 aliphatic carbocycles. The van der Waals surface area contributed by atoms with Gasteiger partial charge in [-0.15, -0.1) is 0 Å². The van der Waals surface area contributed by atoms with Gasteiger partial charge in [-0.1, -0.05) is 18.2 Å². The number of benzene rings is 1. The number of rotatable bonds is 9. The van der Waals surface area contributed by atoms with Gasteiger partial charge in [-0.3, -0.25) is 19.3 Å². The highest BCUT2D eigenvalue weighted by atomic mass is 19.1. The van der Waals surface area contributed by atoms with Crippen LogP contribution in [0.4, 0.5) is 4.39 Å². The number of ether oxygens (including phenoxy) is 2. The first-order valence-electron chi connectivity index (χ1n) is 10.4. The van der Waals surface area contributed by atoms with E-state index in [0.29, 0.717) is 19.7 Å². The monoisotopic (exact) mass is 420 g/mol. The summed E-state index contributed by atoms with van der Waals surface area (Å²) in [5.74, 6) is -1.85. The molecule has 30 heavy (non-hydrogen) atoms. The quantitative estimate of drug-likeness (QED) is 0.571. The lowest BCUT2D eigenvalue weighted by Gasteiger charge is -2.31. The molecule has 0 aromatic heterocycles. The zero-order valence-electron chi connectivity index (χ0n) is 17.6. The molecular formula is C22H29FN2O5. The molecule has 1 aromatic carbocycles. The van der Waals surface area contributed by atoms with Gasteiger partial charge in [-0.05, 0) is 25.8 Å². The van der Waals surface area contributed by atoms with Gasteiger partial charge in [0.2, 0.25) is 17.7 Å². The Morgan fingerprint density at radius 1 is 1.37 bits per heavy atom. The van der Waals surface area contributed by atoms with Gasteiger partial charge in [0.05, 0.1) is 24.7 Å². The molecule has 2 aliphatic heterocycles. The summed E-state index contributed by atoms with van der Waals surface area (Å²) < 4.78 is 25.4. The molecule has 0 radical (unpaired) electrons. The molecule has 164 valence electrons. The van der Waals surface area contributed by atoms with E-state index in [1.165, 1.54) is 25.3 Å². The van der Waals surface area contributed by atoms with Crippen LogP contribution in [0.5, 0.6) is 0 Å². The van der Waals surface area contributed by atoms with Crippen LogP contribution in [-0.4, -0.2) is 73.6 Å². The second kappa shape index (κ2) is 9.66. The standard InChI is InChI=1S/C22H29FN2O5/c1-3-24(15-16-7-6-11-30-16)19(26)13-22(17-8-4-5-9-18(17)23)14-20(27)25(21(22)28)10-12-29-2/h4-5,8-9,16H,3,6-7,10-15H2,1-2H3/t16-,22-/m0/s1. The van der Waals surface area contributed by atoms with Gasteiger partial charge in [-0.25, -0.2) is 4.39 Å². The molecule has 8 heteroatoms. The van der Waals surface area contributed by atoms with E-state index in [2.05, 4.69) is 0 Å². The number of likely N-dealkylation sites (tertiary alicyclic amines) is 1. The molecule has 3 amide bonds. The van der Waals surface area contributed by atoms with E-state index in [1.54, 1.807) is 11.0 Å². The van der Waals surface area contributed by atoms with Gasteiger partial charge < -0.3 is 14.4 Å². The van der Waals surface area contributed by atoms with Crippen molar-refractivity contribution >= 4 is 17.7 Å². The third-order valence-corrected chi connectivity index (χ3v) is 5.95. The Balaban J connectivity index is 1.90. The zero-order valence-corrected chi connectivity index (χ0v) is 17.6. The van der Waals surface area contributed by atoms with Crippen molar-refractivity contribution in [1.82, 2.24) is 9.80 Å². The number of carbonyl (C=O) groups excluding carboxylic acids is 3. The third-order valence-electron chi connectivity index (χ3n) is 5.95. The number of imide groups is 1. The van der Waals surface area contributed by atoms with Crippen LogP contribution in [0.25, 0.3) is 0 Å². The van der Waals surface area contributed by atoms with E-state index in [9.17, 15) is 18.8 Å². The summed E-state index contributed by atoms with van der Waals surface area (Å²) in [5.41, 5.74) is -1.46. The average molecular weight is 420 g/mol. The predicted octanol–water partition coefficient (Wildman–Crippen LogP) is 1.89. The molecule has 0 bridgehead atoms. The molecule has 2 fully saturated rings. The van der Waals surface area contributed by atoms with Crippen molar-refractivity contribution in [3.63, 3.8) is 0 Å². The topological polar surface area (TPSA) is 76.2 Å². The summed E-state index contributed by atoms with van der Waals surface area (Å²) in [4.78, 5) is 42.0. The van der Waals surface area contributed by atoms with Crippen LogP contribution in [0.1, 0.15) is 38.2 Å². The summed E-state index contributed by atoms with van der Waals surface area (Å²) in [6.45, 7) is 3.66. The highest BCUT2D eigenvalue weighted by Gasteiger charge is 2.55. The number of nitrogens with zero attached hydrogens (tertiary/aromatic N) is 2. The fraction of sp³-hybridized carbons (Fsp3) is 0.591. The molecule has 2 heterocycles. The molecule has 3 rings (SSSR count). The van der Waals surface area contributed by atoms with E-state index in [4.69, 9.17) is 9.47 Å². The van der Waals surface area contributed by atoms with Crippen molar-refractivity contribution < 1.29 is 28.2 Å². The van der Waals surface area contributed by atoms with Crippen molar-refractivity contribution in [2.24, 2.45) is 0 Å². The van der Waals surface area contributed by atoms with Crippen molar-refractivity contribution in [3.05, 3.63) is 35.6 Å². The Morgan fingerprint density at radius 2 is 2.13 bits per heavy atom. The first-order valence-corrected chi connectivity index (χ1v) is 10.4. The fourth-order valence-corrected chi connectivity index (χ4v) is 4.31. The maximum absolute atomic E-state index is 14.8. The van der Waals surface area contributed by atoms with Gasteiger partial charge in [0, 0.05) is 45.2 Å². The first kappa shape index (κ1) is 22.4. The van der Waals surface area contributed by atoms with Gasteiger partial charge >= 0.3 is 0 Å². The van der Waals surface area contributed by atoms with Crippen LogP contribution in [0.2, 0.25) is 0 Å². The van der Waals surface area contributed by atoms with Crippen LogP contribution in [0, 0.1) is 5.82 Å². The molecule has 0 N–H and O–H groups in total. The summed E-state index contributed by atoms with van der Waals surface area (Å²) in [7, 11) is 1.48. The van der Waals surface area contributed by atoms with E-state index in [1.807, 2.05) is 6.92 Å². The molecular weight excluding hydrogens is 391 g/mol. The molecule has 2 aliphatic rings. The normalized spacial score (nSPS) is 24.0. The second-order valence-corrected chi connectivity index (χ2v) is 7.83. The van der Waals surface area contributed by atoms with Gasteiger partial charge in [-0.2, -0.15) is 0 Å². The molecule has 0 unspecified atom stereocenters. The third kappa shape index (κ3) is 4.39. The van der Waals surface area contributed by atoms with Crippen molar-refractivity contribution in [2.75, 3.05) is 40.0 Å². The Labute approximate surface area is 176 Å². The lowest BCUT2D eigenvalue weighted by molar-refractivity contribution is -0.143. The SMILES string of the molecule is CCN(C[C@@H]1CCCO1)C(=O)C[C@@]1(c2ccccc2F)CC(=O)N(CCOC)C1=O. The van der Waals surface area contributed by atoms with Crippen molar-refractivity contribution in [1.29, 1.82) is 0 Å². The van der Waals surface area contributed by atoms with Crippen LogP contribution >= 0.6 is 0 Å². The highest BCUT2D eigenvalue weighted by molar-refractivity contribution is 6.10. The molecule has 2 atom stereocenters. The van der Waals surface area contributed by atoms with E-state index < -0.39 is 23.0 Å². The minimum Gasteiger partial charge on any atom is -0.383 e. The summed E-state index contributed by atoms with van der Waals surface area (Å²) in [6, 6.07) is 5.88. The van der Waals surface area contributed by atoms with Crippen LogP contribution in [-0.2, 0) is 29.3 Å². The molecule has 0 spiro atoms. The second-order valence-electron chi connectivity index (χ2n) is 7.83. The summed E-state index contributed by atoms with van der Waals surface area (Å²) >= 11 is 0. The number of hydrogen-bond acceptors (Lipinski definition) is 5. The number of halogens is 1. The Morgan fingerprint density at radius 3 is 2.77 bits per heavy atom. The minimum absolute atomic E-state index is 0.0302. The maximum Gasteiger partial charge on any atom is 0.241 e. The predicted molar refractivity (Wildman–Crippen MR) is 107 cm³/mol.